The molecule has 0 saturated heterocycles. The number of fused-ring (bicyclic) bond motifs is 2. The summed E-state index contributed by atoms with van der Waals surface area (Å²) in [7, 11) is 2.10. The van der Waals surface area contributed by atoms with E-state index in [9.17, 15) is 0 Å². The number of rotatable bonds is 4. The Bertz CT molecular complexity index is 1480. The molecule has 0 N–H and O–H groups in total. The molecule has 0 unspecified atom stereocenters. The molecule has 0 bridgehead atoms. The fraction of sp³-hybridized carbons (Fsp3) is 0.200. The molecule has 9 heteroatoms. The van der Waals surface area contributed by atoms with Crippen molar-refractivity contribution in [3.8, 4) is 11.6 Å². The van der Waals surface area contributed by atoms with E-state index in [1.54, 1.807) is 0 Å². The van der Waals surface area contributed by atoms with E-state index < -0.39 is 0 Å². The third-order valence-electron chi connectivity index (χ3n) is 6.51. The first-order valence-electron chi connectivity index (χ1n) is 11.4. The molecule has 0 aliphatic carbocycles. The normalized spacial score (nSPS) is 15.6. The van der Waals surface area contributed by atoms with Gasteiger partial charge in [-0.05, 0) is 36.4 Å². The zero-order valence-corrected chi connectivity index (χ0v) is 18.8. The predicted molar refractivity (Wildman–Crippen MR) is 136 cm³/mol. The van der Waals surface area contributed by atoms with Gasteiger partial charge in [0.2, 0.25) is 11.9 Å². The van der Waals surface area contributed by atoms with Gasteiger partial charge >= 0.3 is 0 Å². The Labute approximate surface area is 195 Å². The second-order valence-corrected chi connectivity index (χ2v) is 8.51. The lowest BCUT2D eigenvalue weighted by molar-refractivity contribution is 0.801. The summed E-state index contributed by atoms with van der Waals surface area (Å²) < 4.78 is 6.63. The summed E-state index contributed by atoms with van der Waals surface area (Å²) in [4.78, 5) is 23.0. The summed E-state index contributed by atoms with van der Waals surface area (Å²) in [6, 6.07) is 20.8. The highest BCUT2D eigenvalue weighted by Gasteiger charge is 2.24. The van der Waals surface area contributed by atoms with Crippen molar-refractivity contribution >= 4 is 46.6 Å². The molecule has 5 aromatic rings. The lowest BCUT2D eigenvalue weighted by Crippen LogP contribution is -2.23. The first-order chi connectivity index (χ1) is 16.8. The second kappa shape index (κ2) is 7.31. The molecule has 0 saturated carbocycles. The van der Waals surface area contributed by atoms with Gasteiger partial charge in [-0.1, -0.05) is 24.3 Å². The largest absolute Gasteiger partial charge is 0.316 e. The van der Waals surface area contributed by atoms with Crippen molar-refractivity contribution < 1.29 is 0 Å². The average molecular weight is 450 g/mol. The number of para-hydroxylation sites is 4. The van der Waals surface area contributed by atoms with Gasteiger partial charge in [-0.15, -0.1) is 0 Å². The SMILES string of the molecule is Cn1c(-n2c(N3C=NCC3)nc3ccccc32)ccc1-n1c(N2C=NCC2)nc2ccccc21. The van der Waals surface area contributed by atoms with Crippen LogP contribution < -0.4 is 9.80 Å². The maximum Gasteiger partial charge on any atom is 0.217 e. The van der Waals surface area contributed by atoms with Gasteiger partial charge < -0.3 is 14.4 Å². The fourth-order valence-corrected chi connectivity index (χ4v) is 4.86. The molecule has 0 fully saturated rings. The lowest BCUT2D eigenvalue weighted by atomic mass is 10.3. The summed E-state index contributed by atoms with van der Waals surface area (Å²) in [5, 5.41) is 0. The van der Waals surface area contributed by atoms with Crippen molar-refractivity contribution in [3.63, 3.8) is 0 Å². The number of hydrogen-bond acceptors (Lipinski definition) is 6. The first kappa shape index (κ1) is 19.1. The highest BCUT2D eigenvalue weighted by molar-refractivity contribution is 5.88. The number of imidazole rings is 2. The van der Waals surface area contributed by atoms with E-state index in [2.05, 4.69) is 89.1 Å². The Morgan fingerprint density at radius 3 is 1.53 bits per heavy atom. The predicted octanol–water partition coefficient (Wildman–Crippen LogP) is 3.40. The smallest absolute Gasteiger partial charge is 0.217 e. The molecule has 9 nitrogen and oxygen atoms in total. The lowest BCUT2D eigenvalue weighted by Gasteiger charge is -2.19. The minimum atomic E-state index is 0.781. The average Bonchev–Trinajstić information content (AvgIpc) is 3.68. The van der Waals surface area contributed by atoms with Crippen LogP contribution in [0.5, 0.6) is 0 Å². The highest BCUT2D eigenvalue weighted by atomic mass is 15.4. The number of benzene rings is 2. The number of aromatic nitrogens is 5. The third-order valence-corrected chi connectivity index (χ3v) is 6.51. The van der Waals surface area contributed by atoms with Crippen LogP contribution >= 0.6 is 0 Å². The van der Waals surface area contributed by atoms with Gasteiger partial charge in [0.1, 0.15) is 11.6 Å². The Hall–Kier alpha value is -4.40. The van der Waals surface area contributed by atoms with Crippen LogP contribution in [-0.2, 0) is 7.05 Å². The molecule has 2 aliphatic heterocycles. The summed E-state index contributed by atoms with van der Waals surface area (Å²) in [6.07, 6.45) is 3.77. The maximum absolute atomic E-state index is 4.95. The Balaban J connectivity index is 1.46. The van der Waals surface area contributed by atoms with Crippen molar-refractivity contribution in [2.24, 2.45) is 17.0 Å². The van der Waals surface area contributed by atoms with E-state index in [1.165, 1.54) is 0 Å². The number of hydrogen-bond donors (Lipinski definition) is 0. The monoisotopic (exact) mass is 449 g/mol. The van der Waals surface area contributed by atoms with Gasteiger partial charge in [-0.2, -0.15) is 0 Å². The summed E-state index contributed by atoms with van der Waals surface area (Å²) in [5.41, 5.74) is 4.05. The quantitative estimate of drug-likeness (QED) is 0.422. The van der Waals surface area contributed by atoms with Crippen molar-refractivity contribution in [1.29, 1.82) is 0 Å². The summed E-state index contributed by atoms with van der Waals surface area (Å²) in [6.45, 7) is 3.21. The summed E-state index contributed by atoms with van der Waals surface area (Å²) in [5.74, 6) is 3.80. The van der Waals surface area contributed by atoms with E-state index in [4.69, 9.17) is 9.97 Å². The van der Waals surface area contributed by atoms with Crippen LogP contribution in [0.3, 0.4) is 0 Å². The molecule has 0 spiro atoms. The minimum absolute atomic E-state index is 0.781. The molecule has 34 heavy (non-hydrogen) atoms. The standard InChI is InChI=1S/C25H23N9/c1-30-22(33-20-8-4-2-6-18(20)28-24(33)31-14-12-26-16-31)10-11-23(30)34-21-9-5-3-7-19(21)29-25(34)32-15-13-27-17-32/h2-11,16-17H,12-15H2,1H3. The Morgan fingerprint density at radius 2 is 1.09 bits per heavy atom. The topological polar surface area (TPSA) is 71.8 Å². The van der Waals surface area contributed by atoms with E-state index in [-0.39, 0.29) is 0 Å². The van der Waals surface area contributed by atoms with Gasteiger partial charge in [-0.3, -0.25) is 19.1 Å². The zero-order valence-electron chi connectivity index (χ0n) is 18.8. The molecule has 0 atom stereocenters. The van der Waals surface area contributed by atoms with Crippen molar-refractivity contribution in [3.05, 3.63) is 60.7 Å². The Morgan fingerprint density at radius 1 is 0.618 bits per heavy atom. The summed E-state index contributed by atoms with van der Waals surface area (Å²) >= 11 is 0. The van der Waals surface area contributed by atoms with Gasteiger partial charge in [0.25, 0.3) is 0 Å². The maximum atomic E-state index is 4.95. The van der Waals surface area contributed by atoms with Crippen molar-refractivity contribution in [2.75, 3.05) is 36.0 Å². The van der Waals surface area contributed by atoms with Gasteiger partial charge in [0.05, 0.1) is 47.8 Å². The van der Waals surface area contributed by atoms with Crippen LogP contribution in [0.4, 0.5) is 11.9 Å². The second-order valence-electron chi connectivity index (χ2n) is 8.51. The molecule has 3 aromatic heterocycles. The van der Waals surface area contributed by atoms with E-state index in [0.717, 1.165) is 71.8 Å². The molecule has 0 radical (unpaired) electrons. The first-order valence-corrected chi connectivity index (χ1v) is 11.4. The molecule has 2 aliphatic rings. The van der Waals surface area contributed by atoms with Crippen LogP contribution in [-0.4, -0.2) is 62.5 Å². The van der Waals surface area contributed by atoms with Crippen LogP contribution in [0.2, 0.25) is 0 Å². The van der Waals surface area contributed by atoms with E-state index >= 15 is 0 Å². The molecule has 5 heterocycles. The van der Waals surface area contributed by atoms with Gasteiger partial charge in [0.15, 0.2) is 0 Å². The third kappa shape index (κ3) is 2.73. The number of aliphatic imine (C=N–C) groups is 2. The number of nitrogens with zero attached hydrogens (tertiary/aromatic N) is 9. The van der Waals surface area contributed by atoms with E-state index in [1.807, 2.05) is 24.8 Å². The van der Waals surface area contributed by atoms with E-state index in [0.29, 0.717) is 0 Å². The molecule has 0 amide bonds. The number of anilines is 2. The molecular weight excluding hydrogens is 426 g/mol. The van der Waals surface area contributed by atoms with Crippen molar-refractivity contribution in [1.82, 2.24) is 23.7 Å². The molecular formula is C25H23N9. The highest BCUT2D eigenvalue weighted by Crippen LogP contribution is 2.32. The van der Waals surface area contributed by atoms with Crippen LogP contribution in [0.1, 0.15) is 0 Å². The minimum Gasteiger partial charge on any atom is -0.316 e. The van der Waals surface area contributed by atoms with Crippen LogP contribution in [0.25, 0.3) is 33.7 Å². The molecule has 7 rings (SSSR count). The van der Waals surface area contributed by atoms with Crippen LogP contribution in [0.15, 0.2) is 70.6 Å². The zero-order chi connectivity index (χ0) is 22.6. The Kier molecular flexibility index (Phi) is 4.11. The fourth-order valence-electron chi connectivity index (χ4n) is 4.86. The molecule has 2 aromatic carbocycles. The van der Waals surface area contributed by atoms with Gasteiger partial charge in [0, 0.05) is 20.1 Å². The van der Waals surface area contributed by atoms with Crippen molar-refractivity contribution in [2.45, 2.75) is 0 Å². The van der Waals surface area contributed by atoms with Crippen LogP contribution in [0, 0.1) is 0 Å². The molecule has 168 valence electrons. The van der Waals surface area contributed by atoms with Gasteiger partial charge in [-0.25, -0.2) is 9.97 Å².